The van der Waals surface area contributed by atoms with Gasteiger partial charge in [-0.3, -0.25) is 4.90 Å². The average Bonchev–Trinajstić information content (AvgIpc) is 3.72. The molecule has 0 spiro atoms. The first-order valence-corrected chi connectivity index (χ1v) is 14.6. The van der Waals surface area contributed by atoms with Gasteiger partial charge in [0.25, 0.3) is 0 Å². The van der Waals surface area contributed by atoms with Crippen LogP contribution in [0, 0.1) is 0 Å². The highest BCUT2D eigenvalue weighted by molar-refractivity contribution is 6.51. The summed E-state index contributed by atoms with van der Waals surface area (Å²) >= 11 is 0. The zero-order chi connectivity index (χ0) is 27.8. The molecule has 1 saturated carbocycles. The molecular weight excluding hydrogens is 489 g/mol. The number of nitrogens with zero attached hydrogens (tertiary/aromatic N) is 1. The van der Waals surface area contributed by atoms with Crippen LogP contribution in [-0.2, 0) is 22.4 Å². The Bertz CT molecular complexity index is 1340. The quantitative estimate of drug-likeness (QED) is 0.202. The summed E-state index contributed by atoms with van der Waals surface area (Å²) in [6.07, 6.45) is 2.16. The topological polar surface area (TPSA) is 21.7 Å². The molecule has 1 aliphatic heterocycles. The molecule has 0 N–H and O–H groups in total. The largest absolute Gasteiger partial charge is 0.466 e. The Hall–Kier alpha value is -3.18. The first kappa shape index (κ1) is 27.0. The van der Waals surface area contributed by atoms with Gasteiger partial charge in [0.05, 0.1) is 11.2 Å². The summed E-state index contributed by atoms with van der Waals surface area (Å²) < 4.78 is 13.6. The van der Waals surface area contributed by atoms with Gasteiger partial charge in [0.2, 0.25) is 0 Å². The van der Waals surface area contributed by atoms with Gasteiger partial charge in [-0.15, -0.1) is 0 Å². The van der Waals surface area contributed by atoms with E-state index >= 15 is 0 Å². The van der Waals surface area contributed by atoms with Crippen LogP contribution in [0.25, 0.3) is 11.1 Å². The summed E-state index contributed by atoms with van der Waals surface area (Å²) in [5.41, 5.74) is 5.70. The standard InChI is InChI=1S/C36H40BNO2/c1-34(2)35(3,4)40-37(39-34)36(24-25-36)33(32-22-20-31(21-23-32)30-18-12-7-13-19-30)38(26-28-14-8-5-9-15-28)27-29-16-10-6-11-17-29/h5-23,33H,24-27H2,1-4H3. The molecule has 1 unspecified atom stereocenters. The first-order valence-electron chi connectivity index (χ1n) is 14.6. The van der Waals surface area contributed by atoms with E-state index in [4.69, 9.17) is 9.31 Å². The highest BCUT2D eigenvalue weighted by Gasteiger charge is 2.68. The van der Waals surface area contributed by atoms with Crippen molar-refractivity contribution in [2.24, 2.45) is 0 Å². The Morgan fingerprint density at radius 2 is 1.02 bits per heavy atom. The summed E-state index contributed by atoms with van der Waals surface area (Å²) in [6, 6.07) is 41.7. The van der Waals surface area contributed by atoms with Gasteiger partial charge >= 0.3 is 7.12 Å². The summed E-state index contributed by atoms with van der Waals surface area (Å²) in [5, 5.41) is -0.122. The van der Waals surface area contributed by atoms with Gasteiger partial charge < -0.3 is 9.31 Å². The maximum absolute atomic E-state index is 6.79. The second-order valence-corrected chi connectivity index (χ2v) is 12.6. The molecule has 3 nitrogen and oxygen atoms in total. The molecule has 0 bridgehead atoms. The SMILES string of the molecule is CC1(C)OB(C2(C(c3ccc(-c4ccccc4)cc3)N(Cc3ccccc3)Cc3ccccc3)CC2)OC1(C)C. The minimum atomic E-state index is -0.362. The third-order valence-corrected chi connectivity index (χ3v) is 9.25. The lowest BCUT2D eigenvalue weighted by Gasteiger charge is -2.39. The van der Waals surface area contributed by atoms with Crippen LogP contribution in [0.3, 0.4) is 0 Å². The van der Waals surface area contributed by atoms with Crippen LogP contribution < -0.4 is 0 Å². The van der Waals surface area contributed by atoms with Gasteiger partial charge in [-0.25, -0.2) is 0 Å². The molecular formula is C36H40BNO2. The van der Waals surface area contributed by atoms with Crippen LogP contribution in [0.15, 0.2) is 115 Å². The van der Waals surface area contributed by atoms with Crippen molar-refractivity contribution in [3.05, 3.63) is 132 Å². The van der Waals surface area contributed by atoms with Crippen LogP contribution in [-0.4, -0.2) is 23.2 Å². The molecule has 40 heavy (non-hydrogen) atoms. The summed E-state index contributed by atoms with van der Waals surface area (Å²) in [7, 11) is -0.259. The van der Waals surface area contributed by atoms with E-state index < -0.39 is 0 Å². The third kappa shape index (κ3) is 5.29. The van der Waals surface area contributed by atoms with Gasteiger partial charge in [0.15, 0.2) is 0 Å². The number of hydrogen-bond acceptors (Lipinski definition) is 3. The van der Waals surface area contributed by atoms with E-state index in [1.807, 2.05) is 0 Å². The lowest BCUT2D eigenvalue weighted by Crippen LogP contribution is -2.41. The lowest BCUT2D eigenvalue weighted by molar-refractivity contribution is 0.00578. The molecule has 2 fully saturated rings. The molecule has 1 heterocycles. The zero-order valence-electron chi connectivity index (χ0n) is 24.2. The molecule has 204 valence electrons. The third-order valence-electron chi connectivity index (χ3n) is 9.25. The van der Waals surface area contributed by atoms with E-state index in [-0.39, 0.29) is 29.7 Å². The van der Waals surface area contributed by atoms with Crippen molar-refractivity contribution < 1.29 is 9.31 Å². The second kappa shape index (κ2) is 10.7. The number of benzene rings is 4. The Morgan fingerprint density at radius 3 is 1.48 bits per heavy atom. The molecule has 4 aromatic rings. The average molecular weight is 530 g/mol. The second-order valence-electron chi connectivity index (χ2n) is 12.6. The van der Waals surface area contributed by atoms with E-state index in [9.17, 15) is 0 Å². The van der Waals surface area contributed by atoms with Crippen molar-refractivity contribution in [2.75, 3.05) is 0 Å². The van der Waals surface area contributed by atoms with Gasteiger partial charge in [0.1, 0.15) is 0 Å². The molecule has 6 rings (SSSR count). The predicted octanol–water partition coefficient (Wildman–Crippen LogP) is 8.72. The van der Waals surface area contributed by atoms with Crippen molar-refractivity contribution in [3.8, 4) is 11.1 Å². The number of rotatable bonds is 9. The van der Waals surface area contributed by atoms with Crippen molar-refractivity contribution in [1.29, 1.82) is 0 Å². The lowest BCUT2D eigenvalue weighted by atomic mass is 9.61. The Kier molecular flexibility index (Phi) is 7.20. The molecule has 4 aromatic carbocycles. The maximum atomic E-state index is 6.79. The minimum absolute atomic E-state index is 0.122. The van der Waals surface area contributed by atoms with Crippen molar-refractivity contribution >= 4 is 7.12 Å². The highest BCUT2D eigenvalue weighted by Crippen LogP contribution is 2.69. The van der Waals surface area contributed by atoms with Crippen LogP contribution in [0.4, 0.5) is 0 Å². The first-order chi connectivity index (χ1) is 19.3. The summed E-state index contributed by atoms with van der Waals surface area (Å²) in [4.78, 5) is 2.65. The fraction of sp³-hybridized carbons (Fsp3) is 0.333. The van der Waals surface area contributed by atoms with Crippen LogP contribution in [0.5, 0.6) is 0 Å². The Balaban J connectivity index is 1.43. The molecule has 1 saturated heterocycles. The molecule has 2 aliphatic rings. The monoisotopic (exact) mass is 529 g/mol. The Labute approximate surface area is 240 Å². The summed E-state index contributed by atoms with van der Waals surface area (Å²) in [6.45, 7) is 10.4. The maximum Gasteiger partial charge on any atom is 0.466 e. The molecule has 1 atom stereocenters. The van der Waals surface area contributed by atoms with Crippen molar-refractivity contribution in [3.63, 3.8) is 0 Å². The van der Waals surface area contributed by atoms with E-state index in [1.165, 1.54) is 27.8 Å². The number of hydrogen-bond donors (Lipinski definition) is 0. The van der Waals surface area contributed by atoms with Gasteiger partial charge in [-0.05, 0) is 68.4 Å². The Morgan fingerprint density at radius 1 is 0.600 bits per heavy atom. The molecule has 0 amide bonds. The highest BCUT2D eigenvalue weighted by atomic mass is 16.7. The van der Waals surface area contributed by atoms with Gasteiger partial charge in [-0.1, -0.05) is 115 Å². The normalized spacial score (nSPS) is 19.5. The van der Waals surface area contributed by atoms with Gasteiger partial charge in [-0.2, -0.15) is 0 Å². The van der Waals surface area contributed by atoms with Crippen LogP contribution in [0.2, 0.25) is 5.31 Å². The fourth-order valence-corrected chi connectivity index (χ4v) is 6.13. The van der Waals surface area contributed by atoms with E-state index in [0.717, 1.165) is 25.9 Å². The van der Waals surface area contributed by atoms with Crippen molar-refractivity contribution in [2.45, 2.75) is 76.2 Å². The summed E-state index contributed by atoms with van der Waals surface area (Å²) in [5.74, 6) is 0. The van der Waals surface area contributed by atoms with E-state index in [2.05, 4.69) is 148 Å². The molecule has 4 heteroatoms. The van der Waals surface area contributed by atoms with Crippen LogP contribution in [0.1, 0.15) is 63.3 Å². The van der Waals surface area contributed by atoms with E-state index in [0.29, 0.717) is 0 Å². The molecule has 0 aromatic heterocycles. The predicted molar refractivity (Wildman–Crippen MR) is 165 cm³/mol. The molecule has 0 radical (unpaired) electrons. The molecule has 1 aliphatic carbocycles. The van der Waals surface area contributed by atoms with E-state index in [1.54, 1.807) is 0 Å². The van der Waals surface area contributed by atoms with Crippen molar-refractivity contribution in [1.82, 2.24) is 4.90 Å². The smallest absolute Gasteiger partial charge is 0.403 e. The van der Waals surface area contributed by atoms with Gasteiger partial charge in [0, 0.05) is 24.4 Å². The van der Waals surface area contributed by atoms with Crippen LogP contribution >= 0.6 is 0 Å². The minimum Gasteiger partial charge on any atom is -0.403 e. The zero-order valence-corrected chi connectivity index (χ0v) is 24.2. The fourth-order valence-electron chi connectivity index (χ4n) is 6.13.